The Morgan fingerprint density at radius 3 is 2.50 bits per heavy atom. The van der Waals surface area contributed by atoms with Gasteiger partial charge in [0.2, 0.25) is 0 Å². The molecular formula is C18H22N2O4. The third kappa shape index (κ3) is 4.13. The number of esters is 1. The van der Waals surface area contributed by atoms with Crippen molar-refractivity contribution in [1.82, 2.24) is 10.9 Å². The molecule has 0 saturated heterocycles. The van der Waals surface area contributed by atoms with Gasteiger partial charge in [0.05, 0.1) is 0 Å². The van der Waals surface area contributed by atoms with Gasteiger partial charge < -0.3 is 4.74 Å². The van der Waals surface area contributed by atoms with Crippen molar-refractivity contribution < 1.29 is 19.1 Å². The van der Waals surface area contributed by atoms with Crippen LogP contribution in [-0.2, 0) is 14.3 Å². The van der Waals surface area contributed by atoms with Crippen molar-refractivity contribution in [1.29, 1.82) is 0 Å². The van der Waals surface area contributed by atoms with Crippen LogP contribution in [-0.4, -0.2) is 24.4 Å². The predicted molar refractivity (Wildman–Crippen MR) is 86.6 cm³/mol. The fourth-order valence-electron chi connectivity index (χ4n) is 3.87. The highest BCUT2D eigenvalue weighted by Gasteiger charge is 2.40. The maximum atomic E-state index is 11.8. The number of fused-ring (bicyclic) bond motifs is 2. The van der Waals surface area contributed by atoms with Gasteiger partial charge in [-0.15, -0.1) is 0 Å². The largest absolute Gasteiger partial charge is 0.455 e. The minimum absolute atomic E-state index is 0.336. The molecule has 2 aliphatic carbocycles. The van der Waals surface area contributed by atoms with Crippen LogP contribution in [0.1, 0.15) is 42.5 Å². The summed E-state index contributed by atoms with van der Waals surface area (Å²) in [4.78, 5) is 35.3. The molecule has 2 amide bonds. The first-order valence-corrected chi connectivity index (χ1v) is 8.41. The first-order valence-electron chi connectivity index (χ1n) is 8.41. The Morgan fingerprint density at radius 1 is 1.04 bits per heavy atom. The highest BCUT2D eigenvalue weighted by Crippen LogP contribution is 2.49. The maximum absolute atomic E-state index is 11.8. The second-order valence-electron chi connectivity index (χ2n) is 6.67. The lowest BCUT2D eigenvalue weighted by Crippen LogP contribution is -2.43. The van der Waals surface area contributed by atoms with Crippen LogP contribution in [0.25, 0.3) is 0 Å². The second kappa shape index (κ2) is 7.47. The first kappa shape index (κ1) is 16.5. The molecule has 0 spiro atoms. The standard InChI is InChI=1S/C18H22N2O4/c21-16(19-20-18(23)13-4-2-1-3-5-13)11-24-17(22)10-15-9-12-6-7-14(15)8-12/h1-5,12,14-15H,6-11H2,(H,19,21)(H,20,23)/t12-,14-,15-/m1/s1. The average Bonchev–Trinajstić information content (AvgIpc) is 3.21. The van der Waals surface area contributed by atoms with Crippen LogP contribution in [0, 0.1) is 17.8 Å². The molecule has 2 N–H and O–H groups in total. The lowest BCUT2D eigenvalue weighted by molar-refractivity contribution is -0.150. The molecule has 2 saturated carbocycles. The van der Waals surface area contributed by atoms with Crippen LogP contribution in [0.4, 0.5) is 0 Å². The molecule has 2 aliphatic rings. The van der Waals surface area contributed by atoms with Gasteiger partial charge in [0, 0.05) is 12.0 Å². The second-order valence-corrected chi connectivity index (χ2v) is 6.67. The molecule has 0 unspecified atom stereocenters. The molecule has 6 heteroatoms. The monoisotopic (exact) mass is 330 g/mol. The van der Waals surface area contributed by atoms with E-state index >= 15 is 0 Å². The minimum atomic E-state index is -0.555. The molecule has 0 aliphatic heterocycles. The van der Waals surface area contributed by atoms with Gasteiger partial charge in [-0.2, -0.15) is 0 Å². The smallest absolute Gasteiger partial charge is 0.306 e. The summed E-state index contributed by atoms with van der Waals surface area (Å²) >= 11 is 0. The Kier molecular flexibility index (Phi) is 5.13. The number of rotatable bonds is 5. The van der Waals surface area contributed by atoms with E-state index in [1.807, 2.05) is 0 Å². The molecule has 0 aromatic heterocycles. The van der Waals surface area contributed by atoms with Crippen LogP contribution >= 0.6 is 0 Å². The zero-order valence-electron chi connectivity index (χ0n) is 13.5. The summed E-state index contributed by atoms with van der Waals surface area (Å²) in [7, 11) is 0. The normalized spacial score (nSPS) is 24.4. The molecule has 0 heterocycles. The lowest BCUT2D eigenvalue weighted by Gasteiger charge is -2.20. The van der Waals surface area contributed by atoms with Crippen molar-refractivity contribution in [2.24, 2.45) is 17.8 Å². The quantitative estimate of drug-likeness (QED) is 0.637. The highest BCUT2D eigenvalue weighted by atomic mass is 16.5. The van der Waals surface area contributed by atoms with Crippen molar-refractivity contribution in [2.75, 3.05) is 6.61 Å². The van der Waals surface area contributed by atoms with E-state index in [9.17, 15) is 14.4 Å². The van der Waals surface area contributed by atoms with Gasteiger partial charge in [-0.05, 0) is 49.1 Å². The molecule has 2 fully saturated rings. The van der Waals surface area contributed by atoms with Crippen LogP contribution in [0.3, 0.4) is 0 Å². The van der Waals surface area contributed by atoms with Gasteiger partial charge in [0.25, 0.3) is 11.8 Å². The third-order valence-corrected chi connectivity index (χ3v) is 5.03. The molecule has 24 heavy (non-hydrogen) atoms. The van der Waals surface area contributed by atoms with E-state index in [1.165, 1.54) is 19.3 Å². The van der Waals surface area contributed by atoms with Crippen LogP contribution in [0.5, 0.6) is 0 Å². The zero-order chi connectivity index (χ0) is 16.9. The molecule has 1 aromatic carbocycles. The number of hydrogen-bond acceptors (Lipinski definition) is 4. The van der Waals surface area contributed by atoms with Gasteiger partial charge in [0.15, 0.2) is 6.61 Å². The molecular weight excluding hydrogens is 308 g/mol. The van der Waals surface area contributed by atoms with E-state index in [0.717, 1.165) is 12.3 Å². The number of hydrogen-bond donors (Lipinski definition) is 2. The average molecular weight is 330 g/mol. The maximum Gasteiger partial charge on any atom is 0.306 e. The Morgan fingerprint density at radius 2 is 1.83 bits per heavy atom. The number of hydrazine groups is 1. The van der Waals surface area contributed by atoms with Crippen LogP contribution in [0.15, 0.2) is 30.3 Å². The predicted octanol–water partition coefficient (Wildman–Crippen LogP) is 1.82. The third-order valence-electron chi connectivity index (χ3n) is 5.03. The summed E-state index contributed by atoms with van der Waals surface area (Å²) in [5.41, 5.74) is 4.97. The topological polar surface area (TPSA) is 84.5 Å². The SMILES string of the molecule is O=C(COC(=O)C[C@H]1C[C@@H]2CC[C@@H]1C2)NNC(=O)c1ccccc1. The summed E-state index contributed by atoms with van der Waals surface area (Å²) in [5.74, 6) is 0.540. The van der Waals surface area contributed by atoms with E-state index in [1.54, 1.807) is 30.3 Å². The fraction of sp³-hybridized carbons (Fsp3) is 0.500. The van der Waals surface area contributed by atoms with E-state index in [-0.39, 0.29) is 12.6 Å². The van der Waals surface area contributed by atoms with Gasteiger partial charge in [-0.1, -0.05) is 24.6 Å². The highest BCUT2D eigenvalue weighted by molar-refractivity contribution is 5.95. The number of amides is 2. The number of carbonyl (C=O) groups is 3. The summed E-state index contributed by atoms with van der Waals surface area (Å²) in [6.07, 6.45) is 5.25. The van der Waals surface area contributed by atoms with Crippen molar-refractivity contribution in [3.63, 3.8) is 0 Å². The Balaban J connectivity index is 1.33. The number of nitrogens with one attached hydrogen (secondary N) is 2. The van der Waals surface area contributed by atoms with E-state index < -0.39 is 11.8 Å². The Labute approximate surface area is 140 Å². The fourth-order valence-corrected chi connectivity index (χ4v) is 3.87. The lowest BCUT2D eigenvalue weighted by atomic mass is 9.86. The molecule has 3 atom stereocenters. The van der Waals surface area contributed by atoms with E-state index in [4.69, 9.17) is 4.74 Å². The van der Waals surface area contributed by atoms with E-state index in [2.05, 4.69) is 10.9 Å². The minimum Gasteiger partial charge on any atom is -0.455 e. The number of carbonyl (C=O) groups excluding carboxylic acids is 3. The molecule has 2 bridgehead atoms. The number of benzene rings is 1. The summed E-state index contributed by atoms with van der Waals surface area (Å²) < 4.78 is 5.01. The van der Waals surface area contributed by atoms with Gasteiger partial charge in [-0.25, -0.2) is 0 Å². The number of ether oxygens (including phenoxy) is 1. The van der Waals surface area contributed by atoms with Crippen molar-refractivity contribution in [3.05, 3.63) is 35.9 Å². The molecule has 6 nitrogen and oxygen atoms in total. The van der Waals surface area contributed by atoms with Crippen molar-refractivity contribution in [2.45, 2.75) is 32.1 Å². The summed E-state index contributed by atoms with van der Waals surface area (Å²) in [5, 5.41) is 0. The Bertz CT molecular complexity index is 617. The van der Waals surface area contributed by atoms with Gasteiger partial charge >= 0.3 is 5.97 Å². The molecule has 128 valence electrons. The summed E-state index contributed by atoms with van der Waals surface area (Å²) in [6, 6.07) is 8.53. The van der Waals surface area contributed by atoms with Gasteiger partial charge in [0.1, 0.15) is 0 Å². The molecule has 1 aromatic rings. The first-order chi connectivity index (χ1) is 11.6. The van der Waals surface area contributed by atoms with E-state index in [0.29, 0.717) is 23.8 Å². The van der Waals surface area contributed by atoms with Crippen LogP contribution in [0.2, 0.25) is 0 Å². The van der Waals surface area contributed by atoms with Crippen molar-refractivity contribution >= 4 is 17.8 Å². The summed E-state index contributed by atoms with van der Waals surface area (Å²) in [6.45, 7) is -0.380. The van der Waals surface area contributed by atoms with Crippen LogP contribution < -0.4 is 10.9 Å². The molecule has 3 rings (SSSR count). The van der Waals surface area contributed by atoms with Crippen molar-refractivity contribution in [3.8, 4) is 0 Å². The van der Waals surface area contributed by atoms with Gasteiger partial charge in [-0.3, -0.25) is 25.2 Å². The Hall–Kier alpha value is -2.37. The zero-order valence-corrected chi connectivity index (χ0v) is 13.5. The molecule has 0 radical (unpaired) electrons.